The van der Waals surface area contributed by atoms with Crippen LogP contribution in [-0.4, -0.2) is 16.7 Å². The van der Waals surface area contributed by atoms with E-state index in [0.29, 0.717) is 6.04 Å². The first-order chi connectivity index (χ1) is 12.3. The minimum absolute atomic E-state index is 0.559. The maximum atomic E-state index is 5.30. The molecule has 5 rings (SSSR count). The smallest absolute Gasteiger partial charge is 0.141 e. The zero-order chi connectivity index (χ0) is 16.8. The number of aromatic nitrogens is 2. The van der Waals surface area contributed by atoms with Crippen molar-refractivity contribution in [2.45, 2.75) is 25.3 Å². The van der Waals surface area contributed by atoms with Crippen LogP contribution in [-0.2, 0) is 0 Å². The van der Waals surface area contributed by atoms with Gasteiger partial charge < -0.3 is 9.30 Å². The summed E-state index contributed by atoms with van der Waals surface area (Å²) in [5.41, 5.74) is 3.50. The fourth-order valence-corrected chi connectivity index (χ4v) is 3.79. The lowest BCUT2D eigenvalue weighted by Crippen LogP contribution is -2.17. The molecule has 0 N–H and O–H groups in total. The zero-order valence-electron chi connectivity index (χ0n) is 14.3. The lowest BCUT2D eigenvalue weighted by molar-refractivity contribution is 0.323. The van der Waals surface area contributed by atoms with Gasteiger partial charge in [0.1, 0.15) is 11.6 Å². The number of fused-ring (bicyclic) bond motifs is 3. The van der Waals surface area contributed by atoms with Crippen molar-refractivity contribution in [1.82, 2.24) is 9.55 Å². The number of nitrogens with zero attached hydrogens (tertiary/aromatic N) is 2. The number of imidazole rings is 1. The van der Waals surface area contributed by atoms with Crippen LogP contribution in [0.15, 0.2) is 60.7 Å². The molecule has 0 unspecified atom stereocenters. The van der Waals surface area contributed by atoms with E-state index < -0.39 is 0 Å². The minimum Gasteiger partial charge on any atom is -0.497 e. The molecule has 4 aromatic rings. The van der Waals surface area contributed by atoms with Crippen LogP contribution in [0, 0.1) is 0 Å². The Balaban J connectivity index is 1.79. The molecular formula is C22H20N2O. The minimum atomic E-state index is 0.559. The quantitative estimate of drug-likeness (QED) is 0.490. The molecule has 1 aliphatic rings. The van der Waals surface area contributed by atoms with Gasteiger partial charge in [-0.2, -0.15) is 0 Å². The Labute approximate surface area is 146 Å². The average molecular weight is 328 g/mol. The summed E-state index contributed by atoms with van der Waals surface area (Å²) in [5, 5.41) is 2.47. The Morgan fingerprint density at radius 2 is 1.76 bits per heavy atom. The molecule has 25 heavy (non-hydrogen) atoms. The van der Waals surface area contributed by atoms with Gasteiger partial charge in [0, 0.05) is 17.0 Å². The van der Waals surface area contributed by atoms with Crippen molar-refractivity contribution in [3.05, 3.63) is 60.7 Å². The number of rotatable bonds is 3. The van der Waals surface area contributed by atoms with Gasteiger partial charge in [0.2, 0.25) is 0 Å². The lowest BCUT2D eigenvalue weighted by Gasteiger charge is -2.29. The first kappa shape index (κ1) is 14.5. The number of ether oxygens (including phenoxy) is 1. The molecule has 0 radical (unpaired) electrons. The number of hydrogen-bond donors (Lipinski definition) is 0. The molecular weight excluding hydrogens is 308 g/mol. The summed E-state index contributed by atoms with van der Waals surface area (Å²) >= 11 is 0. The normalized spacial score (nSPS) is 14.8. The van der Waals surface area contributed by atoms with E-state index in [2.05, 4.69) is 53.1 Å². The second kappa shape index (κ2) is 5.62. The van der Waals surface area contributed by atoms with E-state index in [9.17, 15) is 0 Å². The summed E-state index contributed by atoms with van der Waals surface area (Å²) in [7, 11) is 1.70. The molecule has 3 heteroatoms. The van der Waals surface area contributed by atoms with Crippen LogP contribution in [0.5, 0.6) is 5.75 Å². The predicted molar refractivity (Wildman–Crippen MR) is 102 cm³/mol. The Kier molecular flexibility index (Phi) is 3.27. The third-order valence-electron chi connectivity index (χ3n) is 5.37. The highest BCUT2D eigenvalue weighted by Gasteiger charge is 2.25. The standard InChI is InChI=1S/C22H20N2O/c1-25-18-12-9-16(10-13-18)22-23-21-19-8-3-2-5-15(19)11-14-20(21)24(22)17-6-4-7-17/h2-3,5,8-14,17H,4,6-7H2,1H3. The average Bonchev–Trinajstić information content (AvgIpc) is 3.00. The van der Waals surface area contributed by atoms with E-state index in [1.54, 1.807) is 7.11 Å². The fraction of sp³-hybridized carbons (Fsp3) is 0.227. The molecule has 0 atom stereocenters. The maximum absolute atomic E-state index is 5.30. The highest BCUT2D eigenvalue weighted by atomic mass is 16.5. The molecule has 3 nitrogen and oxygen atoms in total. The topological polar surface area (TPSA) is 27.1 Å². The van der Waals surface area contributed by atoms with E-state index in [1.807, 2.05) is 12.1 Å². The number of methoxy groups -OCH3 is 1. The Morgan fingerprint density at radius 3 is 2.48 bits per heavy atom. The SMILES string of the molecule is COc1ccc(-c2nc3c4ccccc4ccc3n2C2CCC2)cc1. The predicted octanol–water partition coefficient (Wildman–Crippen LogP) is 5.59. The molecule has 1 saturated carbocycles. The van der Waals surface area contributed by atoms with E-state index in [4.69, 9.17) is 9.72 Å². The molecule has 0 spiro atoms. The molecule has 1 fully saturated rings. The third kappa shape index (κ3) is 2.23. The summed E-state index contributed by atoms with van der Waals surface area (Å²) in [6.45, 7) is 0. The van der Waals surface area contributed by atoms with Crippen LogP contribution in [0.4, 0.5) is 0 Å². The Hall–Kier alpha value is -2.81. The Bertz CT molecular complexity index is 1060. The number of benzene rings is 3. The lowest BCUT2D eigenvalue weighted by atomic mass is 9.92. The van der Waals surface area contributed by atoms with E-state index >= 15 is 0 Å². The van der Waals surface area contributed by atoms with Gasteiger partial charge in [-0.3, -0.25) is 0 Å². The van der Waals surface area contributed by atoms with Crippen LogP contribution in [0.2, 0.25) is 0 Å². The van der Waals surface area contributed by atoms with Crippen LogP contribution >= 0.6 is 0 Å². The van der Waals surface area contributed by atoms with Gasteiger partial charge in [0.25, 0.3) is 0 Å². The van der Waals surface area contributed by atoms with Crippen LogP contribution in [0.25, 0.3) is 33.2 Å². The zero-order valence-corrected chi connectivity index (χ0v) is 14.3. The van der Waals surface area contributed by atoms with Crippen LogP contribution in [0.3, 0.4) is 0 Å². The summed E-state index contributed by atoms with van der Waals surface area (Å²) in [6, 6.07) is 21.8. The van der Waals surface area contributed by atoms with Crippen LogP contribution < -0.4 is 4.74 Å². The molecule has 1 heterocycles. The van der Waals surface area contributed by atoms with Gasteiger partial charge >= 0.3 is 0 Å². The molecule has 1 aliphatic carbocycles. The fourth-order valence-electron chi connectivity index (χ4n) is 3.79. The van der Waals surface area contributed by atoms with Gasteiger partial charge in [-0.25, -0.2) is 4.98 Å². The molecule has 0 bridgehead atoms. The largest absolute Gasteiger partial charge is 0.497 e. The molecule has 124 valence electrons. The van der Waals surface area contributed by atoms with Crippen molar-refractivity contribution in [2.24, 2.45) is 0 Å². The summed E-state index contributed by atoms with van der Waals surface area (Å²) < 4.78 is 7.76. The van der Waals surface area contributed by atoms with Gasteiger partial charge in [0.05, 0.1) is 18.1 Å². The van der Waals surface area contributed by atoms with Crippen molar-refractivity contribution in [3.63, 3.8) is 0 Å². The number of hydrogen-bond acceptors (Lipinski definition) is 2. The van der Waals surface area contributed by atoms with Crippen molar-refractivity contribution < 1.29 is 4.74 Å². The summed E-state index contributed by atoms with van der Waals surface area (Å²) in [4.78, 5) is 5.09. The maximum Gasteiger partial charge on any atom is 0.141 e. The molecule has 1 aromatic heterocycles. The van der Waals surface area contributed by atoms with E-state index in [0.717, 1.165) is 22.7 Å². The van der Waals surface area contributed by atoms with Gasteiger partial charge in [0.15, 0.2) is 0 Å². The van der Waals surface area contributed by atoms with E-state index in [1.165, 1.54) is 35.6 Å². The highest BCUT2D eigenvalue weighted by molar-refractivity contribution is 6.05. The second-order valence-electron chi connectivity index (χ2n) is 6.77. The van der Waals surface area contributed by atoms with Crippen molar-refractivity contribution in [3.8, 4) is 17.1 Å². The second-order valence-corrected chi connectivity index (χ2v) is 6.77. The van der Waals surface area contributed by atoms with E-state index in [-0.39, 0.29) is 0 Å². The molecule has 0 saturated heterocycles. The first-order valence-corrected chi connectivity index (χ1v) is 8.89. The molecule has 3 aromatic carbocycles. The van der Waals surface area contributed by atoms with Gasteiger partial charge in [-0.05, 0) is 55.0 Å². The monoisotopic (exact) mass is 328 g/mol. The highest BCUT2D eigenvalue weighted by Crippen LogP contribution is 2.40. The van der Waals surface area contributed by atoms with Gasteiger partial charge in [-0.15, -0.1) is 0 Å². The first-order valence-electron chi connectivity index (χ1n) is 8.89. The van der Waals surface area contributed by atoms with Gasteiger partial charge in [-0.1, -0.05) is 30.3 Å². The van der Waals surface area contributed by atoms with Crippen LogP contribution in [0.1, 0.15) is 25.3 Å². The van der Waals surface area contributed by atoms with Crippen molar-refractivity contribution in [1.29, 1.82) is 0 Å². The summed E-state index contributed by atoms with van der Waals surface area (Å²) in [6.07, 6.45) is 3.78. The van der Waals surface area contributed by atoms with Crippen molar-refractivity contribution >= 4 is 21.8 Å². The summed E-state index contributed by atoms with van der Waals surface area (Å²) in [5.74, 6) is 1.94. The molecule has 0 amide bonds. The molecule has 0 aliphatic heterocycles. The third-order valence-corrected chi connectivity index (χ3v) is 5.37. The van der Waals surface area contributed by atoms with Crippen molar-refractivity contribution in [2.75, 3.05) is 7.11 Å². The Morgan fingerprint density at radius 1 is 0.960 bits per heavy atom.